The van der Waals surface area contributed by atoms with Crippen LogP contribution in [0.25, 0.3) is 11.1 Å². The molecule has 5 rings (SSSR count). The molecular weight excluding hydrogens is 640 g/mol. The lowest BCUT2D eigenvalue weighted by atomic mass is 9.97. The van der Waals surface area contributed by atoms with Gasteiger partial charge in [-0.2, -0.15) is 18.2 Å². The summed E-state index contributed by atoms with van der Waals surface area (Å²) >= 11 is 0.684. The molecule has 1 aliphatic carbocycles. The molecule has 1 amide bonds. The second kappa shape index (κ2) is 15.5. The van der Waals surface area contributed by atoms with Crippen molar-refractivity contribution in [1.29, 1.82) is 0 Å². The number of carbonyl (C=O) groups is 1. The van der Waals surface area contributed by atoms with Gasteiger partial charge < -0.3 is 14.4 Å². The van der Waals surface area contributed by atoms with E-state index in [0.29, 0.717) is 47.9 Å². The van der Waals surface area contributed by atoms with Gasteiger partial charge in [-0.05, 0) is 91.3 Å². The van der Waals surface area contributed by atoms with E-state index < -0.39 is 102 Å². The van der Waals surface area contributed by atoms with Crippen LogP contribution in [-0.4, -0.2) is 51.2 Å². The van der Waals surface area contributed by atoms with Crippen molar-refractivity contribution >= 4 is 17.7 Å². The van der Waals surface area contributed by atoms with Crippen LogP contribution in [0.2, 0.25) is 0 Å². The average Bonchev–Trinajstić information content (AvgIpc) is 3.62. The fourth-order valence-electron chi connectivity index (χ4n) is 4.85. The Balaban J connectivity index is 1.81. The summed E-state index contributed by atoms with van der Waals surface area (Å²) in [5.41, 5.74) is -3.80. The summed E-state index contributed by atoms with van der Waals surface area (Å²) in [6.07, 6.45) is -4.54. The van der Waals surface area contributed by atoms with Crippen molar-refractivity contribution in [2.24, 2.45) is 0 Å². The molecule has 0 spiro atoms. The maximum atomic E-state index is 15.2. The number of fused-ring (bicyclic) bond motifs is 1. The lowest BCUT2D eigenvalue weighted by molar-refractivity contribution is -0.137. The summed E-state index contributed by atoms with van der Waals surface area (Å²) in [4.78, 5) is 31.5. The van der Waals surface area contributed by atoms with Gasteiger partial charge in [-0.25, -0.2) is 4.39 Å². The molecule has 0 fully saturated rings. The van der Waals surface area contributed by atoms with E-state index in [1.165, 1.54) is 12.1 Å². The molecule has 1 aliphatic rings. The van der Waals surface area contributed by atoms with Crippen LogP contribution < -0.4 is 5.56 Å². The predicted molar refractivity (Wildman–Crippen MR) is 181 cm³/mol. The second-order valence-corrected chi connectivity index (χ2v) is 11.4. The molecule has 0 N–H and O–H groups in total. The number of thioether (sulfide) groups is 1. The highest BCUT2D eigenvalue weighted by Crippen LogP contribution is 2.32. The summed E-state index contributed by atoms with van der Waals surface area (Å²) in [5, 5.41) is -0.503. The number of hydrogen-bond acceptors (Lipinski definition) is 5. The molecule has 254 valence electrons. The van der Waals surface area contributed by atoms with E-state index in [-0.39, 0.29) is 57.9 Å². The molecule has 3 aromatic carbocycles. The van der Waals surface area contributed by atoms with Crippen LogP contribution in [0.15, 0.2) is 76.6 Å². The normalized spacial score (nSPS) is 19.2. The molecule has 4 aromatic rings. The van der Waals surface area contributed by atoms with E-state index in [2.05, 4.69) is 4.98 Å². The molecule has 0 bridgehead atoms. The highest BCUT2D eigenvalue weighted by atomic mass is 32.2. The number of carbonyl (C=O) groups excluding carboxylic acids is 1. The van der Waals surface area contributed by atoms with E-state index in [9.17, 15) is 30.6 Å². The molecule has 0 radical (unpaired) electrons. The number of hydrogen-bond donors (Lipinski definition) is 0. The number of alkyl halides is 3. The zero-order valence-corrected chi connectivity index (χ0v) is 26.8. The number of benzene rings is 3. The Labute approximate surface area is 303 Å². The summed E-state index contributed by atoms with van der Waals surface area (Å²) < 4.78 is 189. The Kier molecular flexibility index (Phi) is 6.63. The largest absolute Gasteiger partial charge is 0.416 e. The van der Waals surface area contributed by atoms with Crippen molar-refractivity contribution < 1.29 is 42.9 Å². The number of rotatable bonds is 13. The first kappa shape index (κ1) is 20.5. The third kappa shape index (κ3) is 8.54. The van der Waals surface area contributed by atoms with Gasteiger partial charge >= 0.3 is 6.18 Å². The molecule has 1 aromatic heterocycles. The Morgan fingerprint density at radius 2 is 1.73 bits per heavy atom. The van der Waals surface area contributed by atoms with Gasteiger partial charge in [-0.1, -0.05) is 68.0 Å². The van der Waals surface area contributed by atoms with Crippen LogP contribution >= 0.6 is 11.8 Å². The molecule has 0 atom stereocenters. The van der Waals surface area contributed by atoms with Gasteiger partial charge in [0.2, 0.25) is 5.91 Å². The van der Waals surface area contributed by atoms with Gasteiger partial charge in [0.25, 0.3) is 5.56 Å². The van der Waals surface area contributed by atoms with Crippen LogP contribution in [0.3, 0.4) is 0 Å². The summed E-state index contributed by atoms with van der Waals surface area (Å²) in [5.74, 6) is -2.98. The van der Waals surface area contributed by atoms with Gasteiger partial charge in [0, 0.05) is 44.7 Å². The van der Waals surface area contributed by atoms with Crippen molar-refractivity contribution in [1.82, 2.24) is 19.4 Å². The Morgan fingerprint density at radius 1 is 1.02 bits per heavy atom. The van der Waals surface area contributed by atoms with E-state index >= 15 is 4.79 Å². The van der Waals surface area contributed by atoms with E-state index in [1.807, 2.05) is 0 Å². The van der Waals surface area contributed by atoms with E-state index in [0.717, 1.165) is 31.2 Å². The van der Waals surface area contributed by atoms with Gasteiger partial charge in [0.05, 0.1) is 17.9 Å². The summed E-state index contributed by atoms with van der Waals surface area (Å²) in [6, 6.07) is 4.94. The number of amides is 1. The van der Waals surface area contributed by atoms with Crippen molar-refractivity contribution in [3.05, 3.63) is 116 Å². The molecule has 0 aliphatic heterocycles. The molecule has 48 heavy (non-hydrogen) atoms. The van der Waals surface area contributed by atoms with E-state index in [4.69, 9.17) is 12.3 Å². The highest BCUT2D eigenvalue weighted by molar-refractivity contribution is 7.98. The van der Waals surface area contributed by atoms with Crippen LogP contribution in [-0.2, 0) is 42.6 Å². The Hall–Kier alpha value is -3.96. The standard InChI is InChI=1S/C37H40F4N4O2S/c1-4-43(5-2)19-20-44(22-27-11-18-31(25(3)21-27)28-12-14-29(15-13-28)37(39,40)41)34(46)23-45-33-8-6-7-32(33)35(47)42-36(45)48-24-26-9-16-30(38)17-10-26/h9-18,21H,4-8,19-20,22-24H2,1-3H3/i4D2,5D2,11D,18D,19D2,20D2,21D,22D2,23D2. The Morgan fingerprint density at radius 3 is 2.40 bits per heavy atom. The zero-order valence-electron chi connectivity index (χ0n) is 41.0. The number of aromatic nitrogens is 2. The molecule has 0 saturated carbocycles. The van der Waals surface area contributed by atoms with Gasteiger partial charge in [-0.3, -0.25) is 9.59 Å². The highest BCUT2D eigenvalue weighted by Gasteiger charge is 2.30. The topological polar surface area (TPSA) is 58.4 Å². The van der Waals surface area contributed by atoms with Crippen LogP contribution in [0, 0.1) is 12.7 Å². The number of likely N-dealkylation sites (N-methyl/N-ethyl adjacent to an activating group) is 1. The number of nitrogens with zero attached hydrogens (tertiary/aromatic N) is 4. The van der Waals surface area contributed by atoms with Crippen LogP contribution in [0.5, 0.6) is 0 Å². The minimum absolute atomic E-state index is 0.0505. The fourth-order valence-corrected chi connectivity index (χ4v) is 5.77. The van der Waals surface area contributed by atoms with Crippen molar-refractivity contribution in [2.45, 2.75) is 70.1 Å². The lowest BCUT2D eigenvalue weighted by Gasteiger charge is -2.28. The first-order valence-electron chi connectivity index (χ1n) is 22.1. The molecule has 1 heterocycles. The van der Waals surface area contributed by atoms with Crippen molar-refractivity contribution in [3.8, 4) is 11.1 Å². The minimum atomic E-state index is -4.76. The average molecular weight is 696 g/mol. The quantitative estimate of drug-likeness (QED) is 0.0823. The second-order valence-electron chi connectivity index (χ2n) is 10.4. The lowest BCUT2D eigenvalue weighted by Crippen LogP contribution is -2.40. The Bertz CT molecular complexity index is 2430. The monoisotopic (exact) mass is 695 g/mol. The number of halogens is 4. The zero-order chi connectivity index (χ0) is 47.8. The van der Waals surface area contributed by atoms with Gasteiger partial charge in [0.15, 0.2) is 5.16 Å². The third-order valence-corrected chi connectivity index (χ3v) is 8.25. The molecule has 6 nitrogen and oxygen atoms in total. The molecule has 0 unspecified atom stereocenters. The van der Waals surface area contributed by atoms with E-state index in [1.54, 1.807) is 0 Å². The summed E-state index contributed by atoms with van der Waals surface area (Å²) in [6.45, 7) is -20.3. The minimum Gasteiger partial charge on any atom is -0.336 e. The maximum absolute atomic E-state index is 15.2. The maximum Gasteiger partial charge on any atom is 0.416 e. The first-order valence-corrected chi connectivity index (χ1v) is 15.6. The fraction of sp³-hybridized carbons (Fsp3) is 0.378. The molecule has 11 heteroatoms. The molecule has 0 saturated heterocycles. The van der Waals surface area contributed by atoms with Gasteiger partial charge in [-0.15, -0.1) is 0 Å². The first-order chi connectivity index (χ1) is 28.6. The van der Waals surface area contributed by atoms with Crippen LogP contribution in [0.4, 0.5) is 17.6 Å². The van der Waals surface area contributed by atoms with Crippen LogP contribution in [0.1, 0.15) is 74.3 Å². The van der Waals surface area contributed by atoms with Crippen molar-refractivity contribution in [2.75, 3.05) is 26.0 Å². The molecular formula is C37H40F4N4O2S. The summed E-state index contributed by atoms with van der Waals surface area (Å²) in [7, 11) is 0. The van der Waals surface area contributed by atoms with Gasteiger partial charge in [0.1, 0.15) is 12.3 Å². The SMILES string of the molecule is [2H]c1c([2H])c(C([2H])([2H])N(C(=O)C([2H])([2H])n2c(SCc3ccc(F)cc3)nc(=O)c3c2CCC3)C([2H])([2H])C([2H])([2H])N(C([2H])([2H])C)C([2H])([2H])C)c([2H])c(C)c1-c1ccc(C(F)(F)F)cc1. The smallest absolute Gasteiger partial charge is 0.336 e. The third-order valence-electron chi connectivity index (χ3n) is 7.24. The van der Waals surface area contributed by atoms with Crippen molar-refractivity contribution in [3.63, 3.8) is 0 Å². The predicted octanol–water partition coefficient (Wildman–Crippen LogP) is 7.53.